The Morgan fingerprint density at radius 3 is 2.43 bits per heavy atom. The number of ketones is 1. The van der Waals surface area contributed by atoms with E-state index in [0.29, 0.717) is 39.6 Å². The number of nitrogens with zero attached hydrogens (tertiary/aromatic N) is 4. The quantitative estimate of drug-likeness (QED) is 0.245. The number of ether oxygens (including phenoxy) is 2. The Labute approximate surface area is 246 Å². The summed E-state index contributed by atoms with van der Waals surface area (Å²) in [6.45, 7) is 9.41. The average molecular weight is 566 g/mol. The Bertz CT molecular complexity index is 1580. The molecular formula is C33H35N5O4. The van der Waals surface area contributed by atoms with Crippen LogP contribution in [0.5, 0.6) is 5.75 Å². The van der Waals surface area contributed by atoms with Gasteiger partial charge in [0.05, 0.1) is 24.4 Å². The molecule has 1 aliphatic heterocycles. The van der Waals surface area contributed by atoms with Gasteiger partial charge in [0.1, 0.15) is 35.0 Å². The highest BCUT2D eigenvalue weighted by Gasteiger charge is 2.27. The Morgan fingerprint density at radius 1 is 1.05 bits per heavy atom. The summed E-state index contributed by atoms with van der Waals surface area (Å²) >= 11 is 0. The molecule has 1 aliphatic rings. The molecule has 3 aromatic rings. The van der Waals surface area contributed by atoms with Crippen LogP contribution < -0.4 is 15.4 Å². The molecule has 2 aromatic heterocycles. The number of allylic oxidation sites excluding steroid dienone is 2. The van der Waals surface area contributed by atoms with Crippen molar-refractivity contribution in [2.75, 3.05) is 24.5 Å². The third kappa shape index (κ3) is 6.90. The maximum absolute atomic E-state index is 12.6. The summed E-state index contributed by atoms with van der Waals surface area (Å²) in [5.41, 5.74) is 11.1. The van der Waals surface area contributed by atoms with E-state index >= 15 is 0 Å². The molecule has 9 heteroatoms. The lowest BCUT2D eigenvalue weighted by molar-refractivity contribution is -0.146. The van der Waals surface area contributed by atoms with Gasteiger partial charge >= 0.3 is 5.97 Å². The second-order valence-corrected chi connectivity index (χ2v) is 9.93. The molecule has 4 rings (SSSR count). The van der Waals surface area contributed by atoms with Crippen LogP contribution in [-0.2, 0) is 14.3 Å². The Hall–Kier alpha value is -4.81. The van der Waals surface area contributed by atoms with Crippen LogP contribution in [-0.4, -0.2) is 47.5 Å². The highest BCUT2D eigenvalue weighted by atomic mass is 16.5. The minimum atomic E-state index is -0.674. The number of nitrogens with two attached hydrogens (primary N) is 1. The molecule has 0 saturated heterocycles. The molecule has 2 N–H and O–H groups in total. The van der Waals surface area contributed by atoms with Crippen LogP contribution in [0.3, 0.4) is 0 Å². The Morgan fingerprint density at radius 2 is 1.76 bits per heavy atom. The molecular weight excluding hydrogens is 530 g/mol. The van der Waals surface area contributed by atoms with E-state index in [1.165, 1.54) is 0 Å². The second kappa shape index (κ2) is 13.7. The maximum atomic E-state index is 12.6. The third-order valence-electron chi connectivity index (χ3n) is 7.08. The van der Waals surface area contributed by atoms with E-state index in [1.807, 2.05) is 43.3 Å². The number of carbonyl (C=O) groups excluding carboxylic acids is 2. The van der Waals surface area contributed by atoms with Crippen LogP contribution in [0.25, 0.3) is 22.5 Å². The monoisotopic (exact) mass is 565 g/mol. The van der Waals surface area contributed by atoms with Crippen LogP contribution >= 0.6 is 0 Å². The van der Waals surface area contributed by atoms with Gasteiger partial charge in [0, 0.05) is 54.8 Å². The smallest absolute Gasteiger partial charge is 0.306 e. The molecule has 42 heavy (non-hydrogen) atoms. The van der Waals surface area contributed by atoms with Crippen molar-refractivity contribution < 1.29 is 19.1 Å². The van der Waals surface area contributed by atoms with Crippen molar-refractivity contribution in [1.29, 1.82) is 5.26 Å². The molecule has 0 spiro atoms. The summed E-state index contributed by atoms with van der Waals surface area (Å²) in [6, 6.07) is 15.6. The second-order valence-electron chi connectivity index (χ2n) is 9.93. The zero-order chi connectivity index (χ0) is 30.2. The van der Waals surface area contributed by atoms with Gasteiger partial charge in [-0.3, -0.25) is 19.6 Å². The standard InChI is InChI=1S/C33H35N5O4/c1-5-38(6-2)24-7-9-26-27(22(4)41-33(40)10-8-25(39)19-34)18-32(42-31(26)17-24)28(20-35)23-12-14-37-30(16-23)29-15-21(3)11-13-36-29/h7,9,11-18,22H,5-6,8,10,19,34H2,1-4H3/b32-28-. The number of hydrogen-bond donors (Lipinski definition) is 1. The molecule has 0 aliphatic carbocycles. The molecule has 1 aromatic carbocycles. The van der Waals surface area contributed by atoms with Crippen molar-refractivity contribution in [1.82, 2.24) is 9.97 Å². The van der Waals surface area contributed by atoms with Crippen LogP contribution in [0.1, 0.15) is 50.3 Å². The number of aromatic nitrogens is 2. The largest absolute Gasteiger partial charge is 0.458 e. The van der Waals surface area contributed by atoms with E-state index in [2.05, 4.69) is 34.8 Å². The molecule has 1 unspecified atom stereocenters. The van der Waals surface area contributed by atoms with Crippen molar-refractivity contribution in [3.63, 3.8) is 0 Å². The molecule has 3 heterocycles. The SMILES string of the molecule is CCN(CC)c1ccc2c(c1)O/C(=C(/C#N)c1ccnc(-c3cc(C)ccn3)c1)C=C2C(C)OC(=O)CCC(=O)CN. The number of fused-ring (bicyclic) bond motifs is 1. The van der Waals surface area contributed by atoms with Gasteiger partial charge in [0.15, 0.2) is 0 Å². The molecule has 0 bridgehead atoms. The van der Waals surface area contributed by atoms with Gasteiger partial charge in [0.2, 0.25) is 0 Å². The first-order valence-corrected chi connectivity index (χ1v) is 14.0. The lowest BCUT2D eigenvalue weighted by Crippen LogP contribution is -2.23. The number of carbonyl (C=O) groups is 2. The van der Waals surface area contributed by atoms with E-state index in [0.717, 1.165) is 29.9 Å². The van der Waals surface area contributed by atoms with Gasteiger partial charge in [-0.2, -0.15) is 5.26 Å². The van der Waals surface area contributed by atoms with Crippen molar-refractivity contribution >= 4 is 28.6 Å². The zero-order valence-corrected chi connectivity index (χ0v) is 24.4. The minimum Gasteiger partial charge on any atom is -0.458 e. The van der Waals surface area contributed by atoms with Crippen LogP contribution in [0.4, 0.5) is 5.69 Å². The predicted octanol–water partition coefficient (Wildman–Crippen LogP) is 5.25. The lowest BCUT2D eigenvalue weighted by atomic mass is 9.94. The van der Waals surface area contributed by atoms with Gasteiger partial charge in [-0.15, -0.1) is 0 Å². The predicted molar refractivity (Wildman–Crippen MR) is 162 cm³/mol. The summed E-state index contributed by atoms with van der Waals surface area (Å²) in [5.74, 6) is 0.164. The van der Waals surface area contributed by atoms with Crippen molar-refractivity contribution in [2.45, 2.75) is 46.6 Å². The summed E-state index contributed by atoms with van der Waals surface area (Å²) in [4.78, 5) is 35.3. The van der Waals surface area contributed by atoms with Gasteiger partial charge in [-0.1, -0.05) is 0 Å². The normalized spacial score (nSPS) is 14.0. The first-order valence-electron chi connectivity index (χ1n) is 14.0. The number of rotatable bonds is 11. The number of aryl methyl sites for hydroxylation is 1. The Balaban J connectivity index is 1.78. The van der Waals surface area contributed by atoms with E-state index in [-0.39, 0.29) is 25.2 Å². The molecule has 0 fully saturated rings. The summed E-state index contributed by atoms with van der Waals surface area (Å²) < 4.78 is 12.1. The van der Waals surface area contributed by atoms with Crippen molar-refractivity contribution in [3.8, 4) is 23.2 Å². The van der Waals surface area contributed by atoms with Crippen molar-refractivity contribution in [2.24, 2.45) is 5.73 Å². The van der Waals surface area contributed by atoms with Crippen molar-refractivity contribution in [3.05, 3.63) is 83.4 Å². The number of anilines is 1. The summed E-state index contributed by atoms with van der Waals surface area (Å²) in [7, 11) is 0. The van der Waals surface area contributed by atoms with E-state index < -0.39 is 12.1 Å². The van der Waals surface area contributed by atoms with Crippen LogP contribution in [0.15, 0.2) is 66.7 Å². The third-order valence-corrected chi connectivity index (χ3v) is 7.08. The Kier molecular flexibility index (Phi) is 9.84. The number of Topliss-reactive ketones (excluding diaryl/α,β-unsaturated/α-hetero) is 1. The molecule has 0 radical (unpaired) electrons. The van der Waals surface area contributed by atoms with E-state index in [1.54, 1.807) is 31.5 Å². The highest BCUT2D eigenvalue weighted by molar-refractivity contribution is 5.88. The number of esters is 1. The van der Waals surface area contributed by atoms with Crippen LogP contribution in [0.2, 0.25) is 0 Å². The zero-order valence-electron chi connectivity index (χ0n) is 24.4. The van der Waals surface area contributed by atoms with Gasteiger partial charge in [-0.05, 0) is 81.3 Å². The average Bonchev–Trinajstić information content (AvgIpc) is 3.00. The number of pyridine rings is 2. The topological polar surface area (TPSA) is 131 Å². The fraction of sp³-hybridized carbons (Fsp3) is 0.303. The lowest BCUT2D eigenvalue weighted by Gasteiger charge is -2.28. The minimum absolute atomic E-state index is 0.0257. The molecule has 1 atom stereocenters. The molecule has 216 valence electrons. The van der Waals surface area contributed by atoms with Gasteiger partial charge in [-0.25, -0.2) is 0 Å². The molecule has 0 amide bonds. The van der Waals surface area contributed by atoms with E-state index in [9.17, 15) is 14.9 Å². The summed E-state index contributed by atoms with van der Waals surface area (Å²) in [6.07, 6.45) is 4.40. The van der Waals surface area contributed by atoms with Gasteiger partial charge < -0.3 is 20.1 Å². The molecule has 9 nitrogen and oxygen atoms in total. The van der Waals surface area contributed by atoms with E-state index in [4.69, 9.17) is 15.2 Å². The van der Waals surface area contributed by atoms with Crippen LogP contribution in [0, 0.1) is 18.3 Å². The number of hydrogen-bond acceptors (Lipinski definition) is 9. The maximum Gasteiger partial charge on any atom is 0.306 e. The number of benzene rings is 1. The first kappa shape index (κ1) is 30.2. The first-order chi connectivity index (χ1) is 20.3. The fourth-order valence-electron chi connectivity index (χ4n) is 4.77. The van der Waals surface area contributed by atoms with Gasteiger partial charge in [0.25, 0.3) is 0 Å². The number of nitriles is 1. The fourth-order valence-corrected chi connectivity index (χ4v) is 4.77. The highest BCUT2D eigenvalue weighted by Crippen LogP contribution is 2.40. The molecule has 0 saturated carbocycles. The summed E-state index contributed by atoms with van der Waals surface area (Å²) in [5, 5.41) is 10.3.